The molecule has 0 bridgehead atoms. The Morgan fingerprint density at radius 1 is 1.25 bits per heavy atom. The lowest BCUT2D eigenvalue weighted by Gasteiger charge is -2.28. The first kappa shape index (κ1) is 18.4. The minimum absolute atomic E-state index is 0.0825. The minimum Gasteiger partial charge on any atom is -0.444 e. The zero-order valence-corrected chi connectivity index (χ0v) is 14.4. The van der Waals surface area contributed by atoms with Gasteiger partial charge in [0.05, 0.1) is 12.6 Å². The van der Waals surface area contributed by atoms with E-state index in [9.17, 15) is 14.0 Å². The number of benzene rings is 1. The summed E-state index contributed by atoms with van der Waals surface area (Å²) in [5, 5.41) is 0. The van der Waals surface area contributed by atoms with Crippen LogP contribution in [0.15, 0.2) is 24.3 Å². The Hall–Kier alpha value is -1.95. The first-order valence-electron chi connectivity index (χ1n) is 8.12. The highest BCUT2D eigenvalue weighted by atomic mass is 19.1. The molecular weight excluding hydrogens is 313 g/mol. The maximum Gasteiger partial charge on any atom is 0.410 e. The Morgan fingerprint density at radius 2 is 1.92 bits per heavy atom. The van der Waals surface area contributed by atoms with Crippen molar-refractivity contribution in [3.05, 3.63) is 35.6 Å². The van der Waals surface area contributed by atoms with Crippen LogP contribution in [0.25, 0.3) is 0 Å². The van der Waals surface area contributed by atoms with Crippen molar-refractivity contribution in [1.29, 1.82) is 0 Å². The van der Waals surface area contributed by atoms with Crippen LogP contribution in [-0.2, 0) is 9.47 Å². The maximum absolute atomic E-state index is 12.9. The highest BCUT2D eigenvalue weighted by Gasteiger charge is 2.32. The number of rotatable bonds is 5. The fourth-order valence-electron chi connectivity index (χ4n) is 2.58. The van der Waals surface area contributed by atoms with E-state index in [1.807, 2.05) is 20.8 Å². The van der Waals surface area contributed by atoms with E-state index in [1.54, 1.807) is 4.90 Å². The number of carbonyl (C=O) groups is 2. The van der Waals surface area contributed by atoms with Crippen molar-refractivity contribution in [2.24, 2.45) is 0 Å². The number of hydrogen-bond donors (Lipinski definition) is 0. The van der Waals surface area contributed by atoms with Crippen LogP contribution in [0.3, 0.4) is 0 Å². The van der Waals surface area contributed by atoms with Crippen LogP contribution in [0.2, 0.25) is 0 Å². The van der Waals surface area contributed by atoms with E-state index >= 15 is 0 Å². The molecule has 24 heavy (non-hydrogen) atoms. The second-order valence-corrected chi connectivity index (χ2v) is 6.91. The third kappa shape index (κ3) is 5.30. The summed E-state index contributed by atoms with van der Waals surface area (Å²) in [7, 11) is 0. The highest BCUT2D eigenvalue weighted by Crippen LogP contribution is 2.21. The molecule has 0 saturated carbocycles. The molecule has 1 atom stereocenters. The van der Waals surface area contributed by atoms with E-state index < -0.39 is 5.60 Å². The van der Waals surface area contributed by atoms with Crippen LogP contribution in [0.4, 0.5) is 9.18 Å². The molecule has 1 fully saturated rings. The Bertz CT molecular complexity index is 580. The van der Waals surface area contributed by atoms with Crippen LogP contribution in [-0.4, -0.2) is 48.2 Å². The fraction of sp³-hybridized carbons (Fsp3) is 0.556. The summed E-state index contributed by atoms with van der Waals surface area (Å²) in [6, 6.07) is 5.27. The Morgan fingerprint density at radius 3 is 2.54 bits per heavy atom. The molecule has 0 unspecified atom stereocenters. The highest BCUT2D eigenvalue weighted by molar-refractivity contribution is 5.97. The zero-order chi connectivity index (χ0) is 17.7. The van der Waals surface area contributed by atoms with Crippen LogP contribution >= 0.6 is 0 Å². The number of carbonyl (C=O) groups excluding carboxylic acids is 2. The number of ether oxygens (including phenoxy) is 2. The standard InChI is InChI=1S/C18H24FNO4/c1-18(2,3)24-17(22)20-10-4-5-15(20)11-23-12-16(21)13-6-8-14(19)9-7-13/h6-9,15H,4-5,10-12H2,1-3H3/t15-/m0/s1. The molecule has 0 aliphatic carbocycles. The Balaban J connectivity index is 1.81. The average Bonchev–Trinajstić information content (AvgIpc) is 2.94. The van der Waals surface area contributed by atoms with Gasteiger partial charge in [-0.25, -0.2) is 9.18 Å². The molecule has 1 heterocycles. The fourth-order valence-corrected chi connectivity index (χ4v) is 2.58. The summed E-state index contributed by atoms with van der Waals surface area (Å²) in [5.74, 6) is -0.594. The number of nitrogens with zero attached hydrogens (tertiary/aromatic N) is 1. The molecule has 1 aliphatic rings. The molecule has 5 nitrogen and oxygen atoms in total. The number of hydrogen-bond acceptors (Lipinski definition) is 4. The van der Waals surface area contributed by atoms with E-state index in [4.69, 9.17) is 9.47 Å². The minimum atomic E-state index is -0.538. The van der Waals surface area contributed by atoms with Crippen molar-refractivity contribution in [3.63, 3.8) is 0 Å². The van der Waals surface area contributed by atoms with Crippen molar-refractivity contribution in [2.75, 3.05) is 19.8 Å². The second-order valence-electron chi connectivity index (χ2n) is 6.91. The molecule has 0 radical (unpaired) electrons. The molecule has 1 saturated heterocycles. The molecule has 1 aliphatic heterocycles. The summed E-state index contributed by atoms with van der Waals surface area (Å²) < 4.78 is 23.7. The summed E-state index contributed by atoms with van der Waals surface area (Å²) >= 11 is 0. The summed E-state index contributed by atoms with van der Waals surface area (Å²) in [4.78, 5) is 25.8. The summed E-state index contributed by atoms with van der Waals surface area (Å²) in [5.41, 5.74) is -0.129. The van der Waals surface area contributed by atoms with E-state index in [0.717, 1.165) is 12.8 Å². The molecular formula is C18H24FNO4. The van der Waals surface area contributed by atoms with Gasteiger partial charge >= 0.3 is 6.09 Å². The smallest absolute Gasteiger partial charge is 0.410 e. The monoisotopic (exact) mass is 337 g/mol. The SMILES string of the molecule is CC(C)(C)OC(=O)N1CCC[C@H]1COCC(=O)c1ccc(F)cc1. The van der Waals surface area contributed by atoms with Gasteiger partial charge in [-0.1, -0.05) is 0 Å². The van der Waals surface area contributed by atoms with Crippen molar-refractivity contribution in [1.82, 2.24) is 4.90 Å². The average molecular weight is 337 g/mol. The Kier molecular flexibility index (Phi) is 5.94. The number of amides is 1. The van der Waals surface area contributed by atoms with Crippen molar-refractivity contribution in [3.8, 4) is 0 Å². The number of likely N-dealkylation sites (tertiary alicyclic amines) is 1. The first-order chi connectivity index (χ1) is 11.3. The van der Waals surface area contributed by atoms with Gasteiger partial charge in [-0.05, 0) is 57.9 Å². The topological polar surface area (TPSA) is 55.8 Å². The number of Topliss-reactive ketones (excluding diaryl/α,β-unsaturated/α-hetero) is 1. The van der Waals surface area contributed by atoms with Gasteiger partial charge in [0, 0.05) is 12.1 Å². The lowest BCUT2D eigenvalue weighted by Crippen LogP contribution is -2.41. The molecule has 1 aromatic carbocycles. The van der Waals surface area contributed by atoms with Gasteiger partial charge in [-0.3, -0.25) is 4.79 Å². The first-order valence-corrected chi connectivity index (χ1v) is 8.12. The van der Waals surface area contributed by atoms with E-state index in [-0.39, 0.29) is 36.9 Å². The predicted molar refractivity (Wildman–Crippen MR) is 87.5 cm³/mol. The molecule has 2 rings (SSSR count). The predicted octanol–water partition coefficient (Wildman–Crippen LogP) is 3.42. The lowest BCUT2D eigenvalue weighted by atomic mass is 10.1. The third-order valence-corrected chi connectivity index (χ3v) is 3.71. The molecule has 0 spiro atoms. The Labute approximate surface area is 141 Å². The molecule has 1 amide bonds. The van der Waals surface area contributed by atoms with Crippen LogP contribution in [0.1, 0.15) is 44.0 Å². The quantitative estimate of drug-likeness (QED) is 0.773. The summed E-state index contributed by atoms with van der Waals surface area (Å²) in [6.07, 6.45) is 1.36. The third-order valence-electron chi connectivity index (χ3n) is 3.71. The van der Waals surface area contributed by atoms with Gasteiger partial charge in [-0.2, -0.15) is 0 Å². The molecule has 0 N–H and O–H groups in total. The normalized spacial score (nSPS) is 17.8. The van der Waals surface area contributed by atoms with Gasteiger partial charge in [0.25, 0.3) is 0 Å². The summed E-state index contributed by atoms with van der Waals surface area (Å²) in [6.45, 7) is 6.31. The molecule has 6 heteroatoms. The largest absolute Gasteiger partial charge is 0.444 e. The van der Waals surface area contributed by atoms with Crippen molar-refractivity contribution >= 4 is 11.9 Å². The lowest BCUT2D eigenvalue weighted by molar-refractivity contribution is 0.0115. The van der Waals surface area contributed by atoms with E-state index in [0.29, 0.717) is 12.1 Å². The maximum atomic E-state index is 12.9. The van der Waals surface area contributed by atoms with Crippen LogP contribution in [0, 0.1) is 5.82 Å². The van der Waals surface area contributed by atoms with Crippen molar-refractivity contribution in [2.45, 2.75) is 45.3 Å². The van der Waals surface area contributed by atoms with E-state index in [1.165, 1.54) is 24.3 Å². The number of halogens is 1. The molecule has 132 valence electrons. The molecule has 1 aromatic rings. The second kappa shape index (κ2) is 7.75. The van der Waals surface area contributed by atoms with Crippen LogP contribution < -0.4 is 0 Å². The molecule has 0 aromatic heterocycles. The van der Waals surface area contributed by atoms with Crippen LogP contribution in [0.5, 0.6) is 0 Å². The van der Waals surface area contributed by atoms with Gasteiger partial charge < -0.3 is 14.4 Å². The van der Waals surface area contributed by atoms with Gasteiger partial charge in [0.2, 0.25) is 0 Å². The van der Waals surface area contributed by atoms with Gasteiger partial charge in [0.1, 0.15) is 18.0 Å². The van der Waals surface area contributed by atoms with E-state index in [2.05, 4.69) is 0 Å². The van der Waals surface area contributed by atoms with Gasteiger partial charge in [0.15, 0.2) is 5.78 Å². The number of ketones is 1. The zero-order valence-electron chi connectivity index (χ0n) is 14.4. The van der Waals surface area contributed by atoms with Gasteiger partial charge in [-0.15, -0.1) is 0 Å². The van der Waals surface area contributed by atoms with Crippen molar-refractivity contribution < 1.29 is 23.5 Å².